The van der Waals surface area contributed by atoms with Gasteiger partial charge in [-0.25, -0.2) is 4.89 Å². The second-order valence-corrected chi connectivity index (χ2v) is 33.2. The summed E-state index contributed by atoms with van der Waals surface area (Å²) in [7, 11) is 0. The van der Waals surface area contributed by atoms with Gasteiger partial charge in [-0.15, -0.1) is 0 Å². The van der Waals surface area contributed by atoms with Crippen molar-refractivity contribution in [3.05, 3.63) is 24.3 Å². The average Bonchev–Trinajstić information content (AvgIpc) is 0.825. The summed E-state index contributed by atoms with van der Waals surface area (Å²) in [5, 5.41) is 9.56. The lowest BCUT2D eigenvalue weighted by molar-refractivity contribution is -0.282. The van der Waals surface area contributed by atoms with Gasteiger partial charge < -0.3 is 80.5 Å². The molecule has 0 bridgehead atoms. The number of hydrogen-bond acceptors (Lipinski definition) is 21. The van der Waals surface area contributed by atoms with Crippen molar-refractivity contribution in [2.45, 2.75) is 399 Å². The van der Waals surface area contributed by atoms with Crippen molar-refractivity contribution >= 4 is 18.0 Å². The van der Waals surface area contributed by atoms with E-state index in [-0.39, 0.29) is 31.3 Å². The molecule has 1 aromatic rings. The van der Waals surface area contributed by atoms with Gasteiger partial charge in [-0.1, -0.05) is 329 Å². The van der Waals surface area contributed by atoms with Gasteiger partial charge in [0, 0.05) is 45.7 Å². The van der Waals surface area contributed by atoms with E-state index < -0.39 is 0 Å². The number of carbonyl (C=O) groups excluding carboxylic acids is 2. The Morgan fingerprint density at radius 3 is 0.730 bits per heavy atom. The second kappa shape index (κ2) is 101. The minimum Gasteiger partial charge on any atom is -0.490 e. The molecule has 1 rings (SSSR count). The Balaban J connectivity index is 2.34. The van der Waals surface area contributed by atoms with Crippen molar-refractivity contribution in [1.82, 2.24) is 0 Å². The molecular formula is C101H190O21. The molecule has 0 heterocycles. The molecule has 1 unspecified atom stereocenters. The fourth-order valence-corrected chi connectivity index (χ4v) is 14.4. The summed E-state index contributed by atoms with van der Waals surface area (Å²) in [4.78, 5) is 29.5. The number of carbonyl (C=O) groups is 2. The fourth-order valence-electron chi connectivity index (χ4n) is 14.4. The number of esters is 2. The maximum absolute atomic E-state index is 12.4. The maximum Gasteiger partial charge on any atom is 0.305 e. The predicted octanol–water partition coefficient (Wildman–Crippen LogP) is 25.3. The van der Waals surface area contributed by atoms with Crippen LogP contribution < -0.4 is 14.2 Å². The SMILES string of the molecule is C=Cc1cc(OCCCCCCCCCCC(=O)OCCOCCOCCOCCOCCCCCCCCCCCC)c(OCCCCCCCCCCC(=O)OCCOCCOCCOCCOCCCCCCCCCCCC)c(OCCCCCCCCCCC(CCOCCOCCOCCOCCCCCCCCCCCC)OO)c1. The van der Waals surface area contributed by atoms with E-state index in [1.165, 1.54) is 186 Å². The van der Waals surface area contributed by atoms with Gasteiger partial charge in [-0.2, -0.15) is 0 Å². The van der Waals surface area contributed by atoms with Crippen LogP contribution in [0.15, 0.2) is 18.7 Å². The van der Waals surface area contributed by atoms with Crippen LogP contribution in [-0.2, 0) is 80.8 Å². The molecule has 0 aliphatic carbocycles. The van der Waals surface area contributed by atoms with Crippen LogP contribution in [-0.4, -0.2) is 215 Å². The molecule has 0 aliphatic rings. The lowest BCUT2D eigenvalue weighted by atomic mass is 10.0. The van der Waals surface area contributed by atoms with Crippen LogP contribution in [0.5, 0.6) is 17.2 Å². The minimum atomic E-state index is -0.222. The van der Waals surface area contributed by atoms with E-state index in [2.05, 4.69) is 27.4 Å². The first-order valence-electron chi connectivity index (χ1n) is 50.7. The molecule has 1 N–H and O–H groups in total. The first-order valence-corrected chi connectivity index (χ1v) is 50.7. The molecule has 21 nitrogen and oxygen atoms in total. The Morgan fingerprint density at radius 2 is 0.467 bits per heavy atom. The molecule has 0 amide bonds. The Kier molecular flexibility index (Phi) is 97.1. The summed E-state index contributed by atoms with van der Waals surface area (Å²) >= 11 is 0. The number of hydrogen-bond donors (Lipinski definition) is 1. The van der Waals surface area contributed by atoms with Crippen molar-refractivity contribution in [1.29, 1.82) is 0 Å². The van der Waals surface area contributed by atoms with Gasteiger partial charge in [0.05, 0.1) is 158 Å². The number of rotatable bonds is 107. The van der Waals surface area contributed by atoms with Gasteiger partial charge in [-0.3, -0.25) is 14.8 Å². The van der Waals surface area contributed by atoms with Crippen LogP contribution in [0.3, 0.4) is 0 Å². The molecule has 0 aliphatic heterocycles. The molecule has 122 heavy (non-hydrogen) atoms. The molecular weight excluding hydrogens is 1550 g/mol. The van der Waals surface area contributed by atoms with E-state index in [9.17, 15) is 14.8 Å². The monoisotopic (exact) mass is 1740 g/mol. The third-order valence-electron chi connectivity index (χ3n) is 22.0. The maximum atomic E-state index is 12.4. The standard InChI is InChI=1S/C101H190O21/c1-5-9-12-15-18-21-27-36-45-54-64-105-71-75-109-79-82-112-78-74-108-70-63-96(122-104)60-51-42-33-24-30-39-48-57-67-117-97-93-95(8-4)94-98(118-68-58-49-40-31-25-34-43-52-61-99(102)119-91-89-115-87-85-113-83-80-110-76-72-106-65-55-46-37-28-22-19-16-13-10-6-2)101(97)121-69-59-50-41-32-26-35-44-53-62-100(103)120-92-90-116-88-86-114-84-81-111-77-73-107-66-56-47-38-29-23-20-17-14-11-7-3/h8,93-94,96,104H,4-7,9-92H2,1-3H3. The largest absolute Gasteiger partial charge is 0.490 e. The first kappa shape index (κ1) is 117. The Labute approximate surface area is 747 Å². The third-order valence-corrected chi connectivity index (χ3v) is 22.0. The molecule has 0 aromatic heterocycles. The first-order chi connectivity index (χ1) is 60.5. The highest BCUT2D eigenvalue weighted by Crippen LogP contribution is 2.40. The predicted molar refractivity (Wildman–Crippen MR) is 497 cm³/mol. The minimum absolute atomic E-state index is 0.166. The van der Waals surface area contributed by atoms with Crippen LogP contribution in [0.25, 0.3) is 6.08 Å². The molecule has 0 saturated carbocycles. The average molecular weight is 1740 g/mol. The Bertz CT molecular complexity index is 2230. The van der Waals surface area contributed by atoms with E-state index in [0.29, 0.717) is 195 Å². The topological polar surface area (TPSA) is 221 Å². The Morgan fingerprint density at radius 1 is 0.254 bits per heavy atom. The lowest BCUT2D eigenvalue weighted by Crippen LogP contribution is -2.16. The van der Waals surface area contributed by atoms with Crippen molar-refractivity contribution in [2.24, 2.45) is 0 Å². The van der Waals surface area contributed by atoms with Gasteiger partial charge in [-0.05, 0) is 75.5 Å². The Hall–Kier alpha value is -3.26. The van der Waals surface area contributed by atoms with Crippen molar-refractivity contribution in [2.75, 3.05) is 192 Å². The van der Waals surface area contributed by atoms with Crippen LogP contribution in [0.4, 0.5) is 0 Å². The van der Waals surface area contributed by atoms with Gasteiger partial charge in [0.15, 0.2) is 11.5 Å². The van der Waals surface area contributed by atoms with Crippen molar-refractivity contribution in [3.8, 4) is 17.2 Å². The van der Waals surface area contributed by atoms with Gasteiger partial charge >= 0.3 is 11.9 Å². The van der Waals surface area contributed by atoms with E-state index in [4.69, 9.17) is 85.4 Å². The highest BCUT2D eigenvalue weighted by molar-refractivity contribution is 5.69. The van der Waals surface area contributed by atoms with Crippen molar-refractivity contribution in [3.63, 3.8) is 0 Å². The van der Waals surface area contributed by atoms with E-state index >= 15 is 0 Å². The molecule has 720 valence electrons. The summed E-state index contributed by atoms with van der Waals surface area (Å²) in [6, 6.07) is 4.05. The smallest absolute Gasteiger partial charge is 0.305 e. The lowest BCUT2D eigenvalue weighted by Gasteiger charge is -2.18. The second-order valence-electron chi connectivity index (χ2n) is 33.2. The molecule has 0 radical (unpaired) electrons. The normalized spacial score (nSPS) is 11.8. The van der Waals surface area contributed by atoms with Crippen molar-refractivity contribution < 1.29 is 100 Å². The van der Waals surface area contributed by atoms with Crippen LogP contribution in [0.1, 0.15) is 399 Å². The van der Waals surface area contributed by atoms with Crippen LogP contribution in [0, 0.1) is 0 Å². The number of benzene rings is 1. The van der Waals surface area contributed by atoms with Gasteiger partial charge in [0.1, 0.15) is 13.2 Å². The van der Waals surface area contributed by atoms with E-state index in [0.717, 1.165) is 192 Å². The zero-order valence-corrected chi connectivity index (χ0v) is 79.1. The molecule has 21 heteroatoms. The summed E-state index contributed by atoms with van der Waals surface area (Å²) in [6.07, 6.45) is 69.2. The highest BCUT2D eigenvalue weighted by Gasteiger charge is 2.17. The van der Waals surface area contributed by atoms with Gasteiger partial charge in [0.2, 0.25) is 5.75 Å². The zero-order valence-electron chi connectivity index (χ0n) is 79.1. The third kappa shape index (κ3) is 88.8. The quantitative estimate of drug-likeness (QED) is 0.0277. The summed E-state index contributed by atoms with van der Waals surface area (Å²) in [6.45, 7) is 26.5. The fraction of sp³-hybridized carbons (Fsp3) is 0.901. The summed E-state index contributed by atoms with van der Waals surface area (Å²) in [5.41, 5.74) is 0.933. The number of ether oxygens (including phenoxy) is 17. The number of unbranched alkanes of at least 4 members (excludes halogenated alkanes) is 48. The van der Waals surface area contributed by atoms with E-state index in [1.807, 2.05) is 18.2 Å². The summed E-state index contributed by atoms with van der Waals surface area (Å²) in [5.74, 6) is 1.75. The van der Waals surface area contributed by atoms with Crippen LogP contribution >= 0.6 is 0 Å². The molecule has 1 atom stereocenters. The highest BCUT2D eigenvalue weighted by atomic mass is 17.1. The van der Waals surface area contributed by atoms with Crippen LogP contribution in [0.2, 0.25) is 0 Å². The van der Waals surface area contributed by atoms with E-state index in [1.54, 1.807) is 0 Å². The van der Waals surface area contributed by atoms with Gasteiger partial charge in [0.25, 0.3) is 0 Å². The summed E-state index contributed by atoms with van der Waals surface area (Å²) < 4.78 is 98.3. The molecule has 0 spiro atoms. The molecule has 0 saturated heterocycles. The molecule has 0 fully saturated rings. The molecule has 1 aromatic carbocycles. The zero-order chi connectivity index (χ0) is 87.4.